The Hall–Kier alpha value is -3.48. The molecule has 0 unspecified atom stereocenters. The fourth-order valence-electron chi connectivity index (χ4n) is 2.96. The third kappa shape index (κ3) is 3.93. The Morgan fingerprint density at radius 1 is 1.07 bits per heavy atom. The summed E-state index contributed by atoms with van der Waals surface area (Å²) in [7, 11) is 2.47. The van der Waals surface area contributed by atoms with Crippen molar-refractivity contribution in [1.82, 2.24) is 4.98 Å². The molecule has 2 aromatic carbocycles. The molecule has 0 fully saturated rings. The predicted octanol–water partition coefficient (Wildman–Crippen LogP) is 3.17. The monoisotopic (exact) mass is 383 g/mol. The number of rotatable bonds is 5. The van der Waals surface area contributed by atoms with Crippen LogP contribution < -0.4 is 0 Å². The molecule has 6 nitrogen and oxygen atoms in total. The average molecular weight is 383 g/mol. The first-order valence-electron chi connectivity index (χ1n) is 8.46. The second kappa shape index (κ2) is 8.04. The second-order valence-electron chi connectivity index (χ2n) is 6.22. The zero-order valence-corrected chi connectivity index (χ0v) is 15.4. The lowest BCUT2D eigenvalue weighted by atomic mass is 9.97. The van der Waals surface area contributed by atoms with Gasteiger partial charge in [0.15, 0.2) is 5.75 Å². The maximum absolute atomic E-state index is 13.1. The number of carbonyl (C=O) groups is 2. The minimum absolute atomic E-state index is 0.0762. The Morgan fingerprint density at radius 3 is 2.43 bits per heavy atom. The van der Waals surface area contributed by atoms with Gasteiger partial charge >= 0.3 is 11.9 Å². The van der Waals surface area contributed by atoms with Crippen LogP contribution in [0.3, 0.4) is 0 Å². The quantitative estimate of drug-likeness (QED) is 0.681. The molecule has 0 saturated carbocycles. The van der Waals surface area contributed by atoms with Crippen LogP contribution in [0.2, 0.25) is 0 Å². The minimum atomic E-state index is -0.734. The van der Waals surface area contributed by atoms with E-state index in [1.54, 1.807) is 24.4 Å². The van der Waals surface area contributed by atoms with Gasteiger partial charge in [-0.1, -0.05) is 12.1 Å². The molecule has 0 amide bonds. The molecule has 3 aromatic rings. The number of ether oxygens (including phenoxy) is 2. The largest absolute Gasteiger partial charge is 0.505 e. The number of aromatic nitrogens is 1. The Kier molecular flexibility index (Phi) is 5.54. The van der Waals surface area contributed by atoms with E-state index in [0.717, 1.165) is 11.1 Å². The van der Waals surface area contributed by atoms with Crippen LogP contribution in [0.25, 0.3) is 10.9 Å². The smallest absolute Gasteiger partial charge is 0.341 e. The molecular formula is C21H18FNO5. The van der Waals surface area contributed by atoms with E-state index in [4.69, 9.17) is 9.47 Å². The van der Waals surface area contributed by atoms with Gasteiger partial charge in [-0.15, -0.1) is 0 Å². The van der Waals surface area contributed by atoms with Crippen molar-refractivity contribution in [3.8, 4) is 5.75 Å². The summed E-state index contributed by atoms with van der Waals surface area (Å²) in [6.45, 7) is 0. The van der Waals surface area contributed by atoms with Gasteiger partial charge in [-0.25, -0.2) is 9.18 Å². The van der Waals surface area contributed by atoms with E-state index in [-0.39, 0.29) is 29.1 Å². The number of esters is 2. The van der Waals surface area contributed by atoms with Gasteiger partial charge < -0.3 is 14.6 Å². The number of hydrogen-bond acceptors (Lipinski definition) is 6. The van der Waals surface area contributed by atoms with Gasteiger partial charge in [0, 0.05) is 11.6 Å². The highest BCUT2D eigenvalue weighted by Crippen LogP contribution is 2.32. The van der Waals surface area contributed by atoms with Crippen molar-refractivity contribution >= 4 is 22.8 Å². The number of fused-ring (bicyclic) bond motifs is 1. The number of pyridine rings is 1. The third-order valence-electron chi connectivity index (χ3n) is 4.38. The molecule has 1 aromatic heterocycles. The van der Waals surface area contributed by atoms with Crippen molar-refractivity contribution in [2.45, 2.75) is 12.8 Å². The first kappa shape index (κ1) is 19.3. The van der Waals surface area contributed by atoms with Crippen LogP contribution in [0.5, 0.6) is 5.75 Å². The molecule has 0 saturated heterocycles. The van der Waals surface area contributed by atoms with Gasteiger partial charge in [-0.3, -0.25) is 9.78 Å². The first-order valence-corrected chi connectivity index (χ1v) is 8.46. The summed E-state index contributed by atoms with van der Waals surface area (Å²) in [4.78, 5) is 28.1. The molecular weight excluding hydrogens is 365 g/mol. The Labute approximate surface area is 160 Å². The first-order chi connectivity index (χ1) is 13.4. The summed E-state index contributed by atoms with van der Waals surface area (Å²) >= 11 is 0. The van der Waals surface area contributed by atoms with Gasteiger partial charge in [-0.2, -0.15) is 0 Å². The number of methoxy groups -OCH3 is 2. The predicted molar refractivity (Wildman–Crippen MR) is 99.7 cm³/mol. The zero-order chi connectivity index (χ0) is 20.3. The number of hydrogen-bond donors (Lipinski definition) is 1. The van der Waals surface area contributed by atoms with Crippen LogP contribution in [-0.4, -0.2) is 36.2 Å². The van der Waals surface area contributed by atoms with Gasteiger partial charge in [0.05, 0.1) is 20.6 Å². The highest BCUT2D eigenvalue weighted by Gasteiger charge is 2.20. The van der Waals surface area contributed by atoms with Gasteiger partial charge in [0.25, 0.3) is 0 Å². The maximum Gasteiger partial charge on any atom is 0.341 e. The van der Waals surface area contributed by atoms with E-state index in [0.29, 0.717) is 17.4 Å². The van der Waals surface area contributed by atoms with Crippen molar-refractivity contribution in [1.29, 1.82) is 0 Å². The Balaban J connectivity index is 2.11. The number of benzene rings is 2. The highest BCUT2D eigenvalue weighted by molar-refractivity contribution is 6.02. The van der Waals surface area contributed by atoms with E-state index < -0.39 is 11.9 Å². The highest BCUT2D eigenvalue weighted by atomic mass is 19.1. The normalized spacial score (nSPS) is 10.7. The second-order valence-corrected chi connectivity index (χ2v) is 6.22. The minimum Gasteiger partial charge on any atom is -0.505 e. The van der Waals surface area contributed by atoms with Gasteiger partial charge in [-0.05, 0) is 47.4 Å². The summed E-state index contributed by atoms with van der Waals surface area (Å²) in [5.41, 5.74) is 2.27. The lowest BCUT2D eigenvalue weighted by molar-refractivity contribution is -0.139. The molecule has 0 bridgehead atoms. The van der Waals surface area contributed by atoms with Gasteiger partial charge in [0.2, 0.25) is 0 Å². The van der Waals surface area contributed by atoms with Crippen molar-refractivity contribution in [3.05, 3.63) is 70.7 Å². The lowest BCUT2D eigenvalue weighted by Gasteiger charge is -2.12. The molecule has 0 atom stereocenters. The van der Waals surface area contributed by atoms with Crippen molar-refractivity contribution in [2.75, 3.05) is 14.2 Å². The molecule has 1 heterocycles. The van der Waals surface area contributed by atoms with Crippen LogP contribution in [0.1, 0.15) is 27.0 Å². The lowest BCUT2D eigenvalue weighted by Crippen LogP contribution is -2.09. The molecule has 1 N–H and O–H groups in total. The summed E-state index contributed by atoms with van der Waals surface area (Å²) in [6, 6.07) is 9.29. The summed E-state index contributed by atoms with van der Waals surface area (Å²) in [5.74, 6) is -1.86. The number of carbonyl (C=O) groups excluding carboxylic acids is 2. The Bertz CT molecular complexity index is 1050. The van der Waals surface area contributed by atoms with E-state index in [1.165, 1.54) is 32.4 Å². The van der Waals surface area contributed by atoms with Crippen LogP contribution in [0.4, 0.5) is 4.39 Å². The fourth-order valence-corrected chi connectivity index (χ4v) is 2.96. The molecule has 3 rings (SSSR count). The standard InChI is InChI=1S/C21H18FNO5/c1-27-18(24)10-14-9-17(21(26)28-2)20(25)19-16(14)8-13(11-23-19)7-12-3-5-15(22)6-4-12/h3-6,8-9,11,25H,7,10H2,1-2H3. The van der Waals surface area contributed by atoms with Gasteiger partial charge in [0.1, 0.15) is 16.9 Å². The Morgan fingerprint density at radius 2 is 1.79 bits per heavy atom. The fraction of sp³-hybridized carbons (Fsp3) is 0.190. The number of nitrogens with zero attached hydrogens (tertiary/aromatic N) is 1. The summed E-state index contributed by atoms with van der Waals surface area (Å²) < 4.78 is 22.5. The average Bonchev–Trinajstić information content (AvgIpc) is 2.71. The molecule has 0 aliphatic rings. The SMILES string of the molecule is COC(=O)Cc1cc(C(=O)OC)c(O)c2ncc(Cc3ccc(F)cc3)cc12. The molecule has 0 aliphatic carbocycles. The van der Waals surface area contributed by atoms with Crippen LogP contribution in [0, 0.1) is 5.82 Å². The van der Waals surface area contributed by atoms with E-state index in [1.807, 2.05) is 0 Å². The zero-order valence-electron chi connectivity index (χ0n) is 15.4. The number of aromatic hydroxyl groups is 1. The summed E-state index contributed by atoms with van der Waals surface area (Å²) in [6.07, 6.45) is 1.95. The third-order valence-corrected chi connectivity index (χ3v) is 4.38. The molecule has 0 spiro atoms. The van der Waals surface area contributed by atoms with Crippen molar-refractivity contribution < 1.29 is 28.6 Å². The number of phenols is 1. The van der Waals surface area contributed by atoms with Crippen molar-refractivity contribution in [3.63, 3.8) is 0 Å². The molecule has 144 valence electrons. The summed E-state index contributed by atoms with van der Waals surface area (Å²) in [5, 5.41) is 11.0. The van der Waals surface area contributed by atoms with E-state index in [9.17, 15) is 19.1 Å². The maximum atomic E-state index is 13.1. The van der Waals surface area contributed by atoms with Crippen molar-refractivity contribution in [2.24, 2.45) is 0 Å². The molecule has 7 heteroatoms. The van der Waals surface area contributed by atoms with Crippen LogP contribution in [0.15, 0.2) is 42.6 Å². The number of phenolic OH excluding ortho intramolecular Hbond substituents is 1. The van der Waals surface area contributed by atoms with Crippen LogP contribution >= 0.6 is 0 Å². The molecule has 28 heavy (non-hydrogen) atoms. The molecule has 0 radical (unpaired) electrons. The van der Waals surface area contributed by atoms with E-state index in [2.05, 4.69) is 4.98 Å². The van der Waals surface area contributed by atoms with Crippen LogP contribution in [-0.2, 0) is 27.1 Å². The topological polar surface area (TPSA) is 85.7 Å². The van der Waals surface area contributed by atoms with E-state index >= 15 is 0 Å². The molecule has 0 aliphatic heterocycles. The number of halogens is 1.